The van der Waals surface area contributed by atoms with E-state index in [-0.39, 0.29) is 17.7 Å². The van der Waals surface area contributed by atoms with Crippen molar-refractivity contribution in [1.29, 1.82) is 0 Å². The predicted octanol–water partition coefficient (Wildman–Crippen LogP) is 4.35. The summed E-state index contributed by atoms with van der Waals surface area (Å²) in [7, 11) is 0. The molecule has 1 aromatic heterocycles. The summed E-state index contributed by atoms with van der Waals surface area (Å²) in [5, 5.41) is 10.2. The van der Waals surface area contributed by atoms with Gasteiger partial charge in [-0.05, 0) is 52.7 Å². The van der Waals surface area contributed by atoms with Crippen LogP contribution in [-0.4, -0.2) is 70.5 Å². The highest BCUT2D eigenvalue weighted by Crippen LogP contribution is 2.34. The quantitative estimate of drug-likeness (QED) is 0.505. The van der Waals surface area contributed by atoms with Crippen LogP contribution in [0.3, 0.4) is 0 Å². The Kier molecular flexibility index (Phi) is 8.36. The van der Waals surface area contributed by atoms with Gasteiger partial charge in [-0.2, -0.15) is 0 Å². The Morgan fingerprint density at radius 2 is 2.00 bits per heavy atom. The van der Waals surface area contributed by atoms with E-state index in [0.717, 1.165) is 49.9 Å². The number of phenols is 1. The number of aryl methyl sites for hydroxylation is 2. The average molecular weight is 492 g/mol. The maximum atomic E-state index is 12.0. The second-order valence-electron chi connectivity index (χ2n) is 9.62. The molecule has 36 heavy (non-hydrogen) atoms. The van der Waals surface area contributed by atoms with Gasteiger partial charge < -0.3 is 19.6 Å². The van der Waals surface area contributed by atoms with Crippen molar-refractivity contribution in [1.82, 2.24) is 14.9 Å². The van der Waals surface area contributed by atoms with Gasteiger partial charge in [0.25, 0.3) is 0 Å². The second-order valence-corrected chi connectivity index (χ2v) is 9.62. The monoisotopic (exact) mass is 491 g/mol. The van der Waals surface area contributed by atoms with Crippen molar-refractivity contribution >= 4 is 23.1 Å². The number of hydrogen-bond acceptors (Lipinski definition) is 7. The molecule has 3 fully saturated rings. The van der Waals surface area contributed by atoms with Gasteiger partial charge in [-0.15, -0.1) is 0 Å². The van der Waals surface area contributed by atoms with Gasteiger partial charge in [0.15, 0.2) is 5.82 Å². The summed E-state index contributed by atoms with van der Waals surface area (Å²) in [5.74, 6) is 2.68. The molecule has 1 N–H and O–H groups in total. The molecule has 3 aliphatic rings. The number of phenolic OH excluding ortho intramolecular Hbond substituents is 1. The topological polar surface area (TPSA) is 91.2 Å². The van der Waals surface area contributed by atoms with Crippen molar-refractivity contribution in [3.63, 3.8) is 0 Å². The Bertz CT molecular complexity index is 1140. The third-order valence-electron chi connectivity index (χ3n) is 6.95. The van der Waals surface area contributed by atoms with Crippen LogP contribution in [0, 0.1) is 19.8 Å². The van der Waals surface area contributed by atoms with Crippen LogP contribution in [0.2, 0.25) is 0 Å². The van der Waals surface area contributed by atoms with Crippen LogP contribution in [0.4, 0.5) is 11.5 Å². The summed E-state index contributed by atoms with van der Waals surface area (Å²) >= 11 is 0. The Morgan fingerprint density at radius 1 is 1.19 bits per heavy atom. The highest BCUT2D eigenvalue weighted by molar-refractivity contribution is 6.03. The van der Waals surface area contributed by atoms with Gasteiger partial charge in [-0.1, -0.05) is 24.3 Å². The number of allylic oxidation sites excluding steroid dienone is 1. The van der Waals surface area contributed by atoms with Crippen molar-refractivity contribution in [2.24, 2.45) is 10.9 Å². The molecular formula is C28H37N5O3. The molecule has 1 amide bonds. The van der Waals surface area contributed by atoms with E-state index in [1.54, 1.807) is 12.1 Å². The summed E-state index contributed by atoms with van der Waals surface area (Å²) in [6.45, 7) is 11.9. The van der Waals surface area contributed by atoms with E-state index in [9.17, 15) is 9.90 Å². The van der Waals surface area contributed by atoms with Gasteiger partial charge in [-0.3, -0.25) is 4.79 Å². The normalized spacial score (nSPS) is 22.1. The molecule has 2 unspecified atom stereocenters. The molecule has 0 radical (unpaired) electrons. The number of ether oxygens (including phenoxy) is 1. The first-order valence-electron chi connectivity index (χ1n) is 12.8. The lowest BCUT2D eigenvalue weighted by atomic mass is 10.1. The number of aromatic hydroxyl groups is 1. The molecule has 2 atom stereocenters. The summed E-state index contributed by atoms with van der Waals surface area (Å²) in [6.07, 6.45) is 7.06. The molecule has 192 valence electrons. The fraction of sp³-hybridized carbons (Fsp3) is 0.500. The first kappa shape index (κ1) is 25.8. The Balaban J connectivity index is 0.000000325. The Labute approximate surface area is 213 Å². The van der Waals surface area contributed by atoms with Gasteiger partial charge >= 0.3 is 0 Å². The molecule has 8 heteroatoms. The van der Waals surface area contributed by atoms with Crippen LogP contribution >= 0.6 is 0 Å². The molecule has 0 spiro atoms. The number of carbonyl (C=O) groups excluding carboxylic acids is 1. The summed E-state index contributed by atoms with van der Waals surface area (Å²) in [6, 6.07) is 7.42. The number of benzene rings is 1. The van der Waals surface area contributed by atoms with Gasteiger partial charge in [0, 0.05) is 55.9 Å². The number of hydrogen-bond donors (Lipinski definition) is 1. The SMILES string of the molecule is C/C=C\C1CCOC1.CC(=Nc1c(C)nc(C)nc1N1CCN2C(=O)CCC2C1)c1ccccc1O. The number of amides is 1. The number of aliphatic imine (C=N–C) groups is 1. The minimum Gasteiger partial charge on any atom is -0.507 e. The minimum atomic E-state index is 0.203. The van der Waals surface area contributed by atoms with Gasteiger partial charge in [0.1, 0.15) is 17.3 Å². The van der Waals surface area contributed by atoms with Crippen LogP contribution in [0.5, 0.6) is 5.75 Å². The second kappa shape index (κ2) is 11.6. The Morgan fingerprint density at radius 3 is 2.72 bits per heavy atom. The fourth-order valence-electron chi connectivity index (χ4n) is 5.08. The van der Waals surface area contributed by atoms with E-state index in [1.807, 2.05) is 37.8 Å². The third kappa shape index (κ3) is 5.93. The number of para-hydroxylation sites is 1. The van der Waals surface area contributed by atoms with Crippen molar-refractivity contribution in [3.05, 3.63) is 53.5 Å². The summed E-state index contributed by atoms with van der Waals surface area (Å²) in [5.41, 5.74) is 2.94. The number of fused-ring (bicyclic) bond motifs is 1. The van der Waals surface area contributed by atoms with Gasteiger partial charge in [0.05, 0.1) is 12.3 Å². The smallest absolute Gasteiger partial charge is 0.223 e. The molecule has 8 nitrogen and oxygen atoms in total. The Hall–Kier alpha value is -3.26. The zero-order valence-corrected chi connectivity index (χ0v) is 21.8. The molecular weight excluding hydrogens is 454 g/mol. The van der Waals surface area contributed by atoms with Crippen molar-refractivity contribution in [3.8, 4) is 5.75 Å². The molecule has 5 rings (SSSR count). The largest absolute Gasteiger partial charge is 0.507 e. The summed E-state index contributed by atoms with van der Waals surface area (Å²) in [4.78, 5) is 30.2. The number of nitrogens with zero attached hydrogens (tertiary/aromatic N) is 5. The predicted molar refractivity (Wildman–Crippen MR) is 142 cm³/mol. The molecule has 3 aliphatic heterocycles. The standard InChI is InChI=1S/C21H25N5O2.C7H12O/c1-13(17-6-4-5-7-18(17)27)23-20-14(2)22-15(3)24-21(20)25-10-11-26-16(12-25)8-9-19(26)28;1-2-3-7-4-5-8-6-7/h4-7,16,27H,8-12H2,1-3H3;2-3,7H,4-6H2,1H3/b;3-2-. The molecule has 0 saturated carbocycles. The maximum absolute atomic E-state index is 12.0. The number of anilines is 1. The van der Waals surface area contributed by atoms with Crippen LogP contribution in [0.1, 0.15) is 50.2 Å². The molecule has 0 bridgehead atoms. The summed E-state index contributed by atoms with van der Waals surface area (Å²) < 4.78 is 5.16. The van der Waals surface area contributed by atoms with Crippen molar-refractivity contribution < 1.29 is 14.6 Å². The molecule has 4 heterocycles. The lowest BCUT2D eigenvalue weighted by Crippen LogP contribution is -2.51. The number of aromatic nitrogens is 2. The lowest BCUT2D eigenvalue weighted by Gasteiger charge is -2.38. The average Bonchev–Trinajstić information content (AvgIpc) is 3.51. The fourth-order valence-corrected chi connectivity index (χ4v) is 5.08. The van der Waals surface area contributed by atoms with Gasteiger partial charge in [0.2, 0.25) is 5.91 Å². The van der Waals surface area contributed by atoms with Crippen molar-refractivity contribution in [2.75, 3.05) is 37.7 Å². The maximum Gasteiger partial charge on any atom is 0.223 e. The van der Waals surface area contributed by atoms with E-state index in [0.29, 0.717) is 36.0 Å². The van der Waals surface area contributed by atoms with Crippen LogP contribution in [0.15, 0.2) is 41.4 Å². The van der Waals surface area contributed by atoms with Crippen molar-refractivity contribution in [2.45, 2.75) is 53.0 Å². The third-order valence-corrected chi connectivity index (χ3v) is 6.95. The van der Waals surface area contributed by atoms with Gasteiger partial charge in [-0.25, -0.2) is 15.0 Å². The van der Waals surface area contributed by atoms with E-state index in [2.05, 4.69) is 29.0 Å². The van der Waals surface area contributed by atoms with Crippen LogP contribution < -0.4 is 4.90 Å². The number of rotatable bonds is 4. The van der Waals surface area contributed by atoms with E-state index < -0.39 is 0 Å². The van der Waals surface area contributed by atoms with E-state index in [4.69, 9.17) is 14.7 Å². The molecule has 3 saturated heterocycles. The zero-order chi connectivity index (χ0) is 25.7. The molecule has 2 aromatic rings. The lowest BCUT2D eigenvalue weighted by molar-refractivity contribution is -0.129. The van der Waals surface area contributed by atoms with Crippen LogP contribution in [0.25, 0.3) is 0 Å². The first-order valence-corrected chi connectivity index (χ1v) is 12.8. The number of carbonyl (C=O) groups is 1. The first-order chi connectivity index (χ1) is 17.4. The number of piperazine rings is 1. The highest BCUT2D eigenvalue weighted by atomic mass is 16.5. The minimum absolute atomic E-state index is 0.203. The highest BCUT2D eigenvalue weighted by Gasteiger charge is 2.36. The molecule has 0 aliphatic carbocycles. The van der Waals surface area contributed by atoms with E-state index in [1.165, 1.54) is 6.42 Å². The zero-order valence-electron chi connectivity index (χ0n) is 21.8. The van der Waals surface area contributed by atoms with Crippen LogP contribution in [-0.2, 0) is 9.53 Å². The van der Waals surface area contributed by atoms with E-state index >= 15 is 0 Å². The molecule has 1 aromatic carbocycles.